The first-order valence-electron chi connectivity index (χ1n) is 5.88. The second kappa shape index (κ2) is 4.03. The molecule has 18 heavy (non-hydrogen) atoms. The van der Waals surface area contributed by atoms with Gasteiger partial charge in [-0.15, -0.1) is 0 Å². The number of fused-ring (bicyclic) bond motifs is 2. The Labute approximate surface area is 105 Å². The maximum absolute atomic E-state index is 5.61. The molecular formula is C13H15N3O2. The van der Waals surface area contributed by atoms with Crippen molar-refractivity contribution in [3.63, 3.8) is 0 Å². The maximum atomic E-state index is 5.61. The SMILES string of the molecule is Cc1nc2cc3c(cc2c(NN)c1C)OCCO3. The van der Waals surface area contributed by atoms with Crippen LogP contribution in [-0.2, 0) is 0 Å². The molecule has 0 radical (unpaired) electrons. The minimum absolute atomic E-state index is 0.572. The number of benzene rings is 1. The molecule has 2 aromatic rings. The van der Waals surface area contributed by atoms with Gasteiger partial charge in [-0.1, -0.05) is 0 Å². The lowest BCUT2D eigenvalue weighted by Crippen LogP contribution is -2.16. The van der Waals surface area contributed by atoms with Gasteiger partial charge in [0, 0.05) is 17.1 Å². The van der Waals surface area contributed by atoms with Crippen LogP contribution in [-0.4, -0.2) is 18.2 Å². The van der Waals surface area contributed by atoms with Crippen molar-refractivity contribution in [2.24, 2.45) is 5.84 Å². The number of ether oxygens (including phenoxy) is 2. The second-order valence-corrected chi connectivity index (χ2v) is 4.35. The first kappa shape index (κ1) is 11.1. The molecule has 0 atom stereocenters. The summed E-state index contributed by atoms with van der Waals surface area (Å²) in [6.07, 6.45) is 0. The summed E-state index contributed by atoms with van der Waals surface area (Å²) in [7, 11) is 0. The maximum Gasteiger partial charge on any atom is 0.163 e. The standard InChI is InChI=1S/C13H15N3O2/c1-7-8(2)15-10-6-12-11(17-3-4-18-12)5-9(10)13(7)16-14/h5-6H,3-4,14H2,1-2H3,(H,15,16). The summed E-state index contributed by atoms with van der Waals surface area (Å²) >= 11 is 0. The molecule has 1 aliphatic rings. The molecule has 0 saturated carbocycles. The number of nitrogens with two attached hydrogens (primary N) is 1. The van der Waals surface area contributed by atoms with Gasteiger partial charge in [-0.25, -0.2) is 0 Å². The van der Waals surface area contributed by atoms with E-state index >= 15 is 0 Å². The van der Waals surface area contributed by atoms with Gasteiger partial charge in [0.05, 0.1) is 11.2 Å². The fraction of sp³-hybridized carbons (Fsp3) is 0.308. The van der Waals surface area contributed by atoms with Crippen LogP contribution in [0, 0.1) is 13.8 Å². The van der Waals surface area contributed by atoms with Gasteiger partial charge in [0.25, 0.3) is 0 Å². The third-order valence-electron chi connectivity index (χ3n) is 3.28. The predicted molar refractivity (Wildman–Crippen MR) is 70.0 cm³/mol. The molecule has 0 spiro atoms. The number of anilines is 1. The van der Waals surface area contributed by atoms with E-state index in [1.807, 2.05) is 26.0 Å². The lowest BCUT2D eigenvalue weighted by molar-refractivity contribution is 0.172. The van der Waals surface area contributed by atoms with E-state index in [1.54, 1.807) is 0 Å². The van der Waals surface area contributed by atoms with Crippen molar-refractivity contribution in [1.82, 2.24) is 4.98 Å². The zero-order valence-corrected chi connectivity index (χ0v) is 10.4. The van der Waals surface area contributed by atoms with Gasteiger partial charge in [0.2, 0.25) is 0 Å². The van der Waals surface area contributed by atoms with Gasteiger partial charge in [-0.3, -0.25) is 10.8 Å². The number of hydrogen-bond acceptors (Lipinski definition) is 5. The summed E-state index contributed by atoms with van der Waals surface area (Å²) in [5.74, 6) is 7.10. The van der Waals surface area contributed by atoms with E-state index in [1.165, 1.54) is 0 Å². The average Bonchev–Trinajstić information content (AvgIpc) is 2.38. The molecule has 3 rings (SSSR count). The Morgan fingerprint density at radius 3 is 2.50 bits per heavy atom. The molecule has 1 aromatic heterocycles. The van der Waals surface area contributed by atoms with Gasteiger partial charge in [0.15, 0.2) is 11.5 Å². The minimum Gasteiger partial charge on any atom is -0.486 e. The van der Waals surface area contributed by atoms with Crippen LogP contribution in [0.1, 0.15) is 11.3 Å². The number of nitrogens with zero attached hydrogens (tertiary/aromatic N) is 1. The summed E-state index contributed by atoms with van der Waals surface area (Å²) in [5, 5.41) is 0.949. The van der Waals surface area contributed by atoms with Gasteiger partial charge < -0.3 is 14.9 Å². The van der Waals surface area contributed by atoms with Crippen molar-refractivity contribution >= 4 is 16.6 Å². The Bertz CT molecular complexity index is 625. The quantitative estimate of drug-likeness (QED) is 0.593. The second-order valence-electron chi connectivity index (χ2n) is 4.35. The van der Waals surface area contributed by atoms with Crippen LogP contribution in [0.3, 0.4) is 0 Å². The molecular weight excluding hydrogens is 230 g/mol. The molecule has 2 heterocycles. The zero-order chi connectivity index (χ0) is 12.7. The van der Waals surface area contributed by atoms with E-state index in [4.69, 9.17) is 15.3 Å². The summed E-state index contributed by atoms with van der Waals surface area (Å²) in [6, 6.07) is 3.83. The smallest absolute Gasteiger partial charge is 0.163 e. The normalized spacial score (nSPS) is 13.7. The van der Waals surface area contributed by atoms with E-state index < -0.39 is 0 Å². The fourth-order valence-corrected chi connectivity index (χ4v) is 2.20. The van der Waals surface area contributed by atoms with Crippen molar-refractivity contribution < 1.29 is 9.47 Å². The van der Waals surface area contributed by atoms with Crippen LogP contribution in [0.5, 0.6) is 11.5 Å². The van der Waals surface area contributed by atoms with E-state index in [9.17, 15) is 0 Å². The van der Waals surface area contributed by atoms with Crippen molar-refractivity contribution in [2.75, 3.05) is 18.6 Å². The number of pyridine rings is 1. The highest BCUT2D eigenvalue weighted by molar-refractivity contribution is 5.95. The third kappa shape index (κ3) is 1.55. The van der Waals surface area contributed by atoms with Crippen LogP contribution in [0.25, 0.3) is 10.9 Å². The largest absolute Gasteiger partial charge is 0.486 e. The van der Waals surface area contributed by atoms with Crippen LogP contribution >= 0.6 is 0 Å². The first-order valence-corrected chi connectivity index (χ1v) is 5.88. The van der Waals surface area contributed by atoms with Gasteiger partial charge >= 0.3 is 0 Å². The molecule has 1 aromatic carbocycles. The van der Waals surface area contributed by atoms with Crippen LogP contribution in [0.4, 0.5) is 5.69 Å². The number of aryl methyl sites for hydroxylation is 1. The summed E-state index contributed by atoms with van der Waals surface area (Å²) in [6.45, 7) is 5.10. The van der Waals surface area contributed by atoms with Gasteiger partial charge in [-0.05, 0) is 25.5 Å². The highest BCUT2D eigenvalue weighted by Gasteiger charge is 2.16. The topological polar surface area (TPSA) is 69.4 Å². The summed E-state index contributed by atoms with van der Waals surface area (Å²) in [5.41, 5.74) is 6.48. The molecule has 0 unspecified atom stereocenters. The highest BCUT2D eigenvalue weighted by Crippen LogP contribution is 2.37. The zero-order valence-electron chi connectivity index (χ0n) is 10.4. The Morgan fingerprint density at radius 1 is 1.17 bits per heavy atom. The van der Waals surface area contributed by atoms with Gasteiger partial charge in [-0.2, -0.15) is 0 Å². The Hall–Kier alpha value is -2.01. The molecule has 1 aliphatic heterocycles. The summed E-state index contributed by atoms with van der Waals surface area (Å²) in [4.78, 5) is 4.56. The van der Waals surface area contributed by atoms with Crippen molar-refractivity contribution in [3.8, 4) is 11.5 Å². The molecule has 5 nitrogen and oxygen atoms in total. The fourth-order valence-electron chi connectivity index (χ4n) is 2.20. The summed E-state index contributed by atoms with van der Waals surface area (Å²) < 4.78 is 11.1. The lowest BCUT2D eigenvalue weighted by Gasteiger charge is -2.20. The molecule has 5 heteroatoms. The van der Waals surface area contributed by atoms with Crippen LogP contribution in [0.15, 0.2) is 12.1 Å². The Morgan fingerprint density at radius 2 is 1.83 bits per heavy atom. The molecule has 0 saturated heterocycles. The van der Waals surface area contributed by atoms with Crippen LogP contribution in [0.2, 0.25) is 0 Å². The molecule has 0 aliphatic carbocycles. The molecule has 0 fully saturated rings. The monoisotopic (exact) mass is 245 g/mol. The number of rotatable bonds is 1. The number of hydrogen-bond donors (Lipinski definition) is 2. The van der Waals surface area contributed by atoms with Crippen LogP contribution < -0.4 is 20.7 Å². The van der Waals surface area contributed by atoms with Crippen molar-refractivity contribution in [1.29, 1.82) is 0 Å². The van der Waals surface area contributed by atoms with E-state index in [-0.39, 0.29) is 0 Å². The molecule has 0 amide bonds. The number of nitrogen functional groups attached to an aromatic ring is 1. The number of hydrazine groups is 1. The number of aromatic nitrogens is 1. The molecule has 94 valence electrons. The highest BCUT2D eigenvalue weighted by atomic mass is 16.6. The first-order chi connectivity index (χ1) is 8.70. The average molecular weight is 245 g/mol. The van der Waals surface area contributed by atoms with Gasteiger partial charge in [0.1, 0.15) is 13.2 Å². The predicted octanol–water partition coefficient (Wildman–Crippen LogP) is 1.91. The lowest BCUT2D eigenvalue weighted by atomic mass is 10.1. The Kier molecular flexibility index (Phi) is 2.48. The molecule has 3 N–H and O–H groups in total. The van der Waals surface area contributed by atoms with E-state index in [2.05, 4.69) is 10.4 Å². The Balaban J connectivity index is 2.33. The third-order valence-corrected chi connectivity index (χ3v) is 3.28. The number of nitrogens with one attached hydrogen (secondary N) is 1. The van der Waals surface area contributed by atoms with E-state index in [0.29, 0.717) is 13.2 Å². The molecule has 0 bridgehead atoms. The van der Waals surface area contributed by atoms with Crippen molar-refractivity contribution in [2.45, 2.75) is 13.8 Å². The van der Waals surface area contributed by atoms with E-state index in [0.717, 1.165) is 39.3 Å². The minimum atomic E-state index is 0.572. The van der Waals surface area contributed by atoms with Crippen molar-refractivity contribution in [3.05, 3.63) is 23.4 Å².